The lowest BCUT2D eigenvalue weighted by Crippen LogP contribution is -2.29. The minimum atomic E-state index is -0.547. The van der Waals surface area contributed by atoms with Crippen molar-refractivity contribution in [3.8, 4) is 0 Å². The van der Waals surface area contributed by atoms with E-state index in [0.29, 0.717) is 22.6 Å². The maximum atomic E-state index is 12.8. The molecule has 4 heterocycles. The molecule has 5 rings (SSSR count). The molecule has 0 aliphatic rings. The van der Waals surface area contributed by atoms with Crippen LogP contribution in [0.25, 0.3) is 16.7 Å². The summed E-state index contributed by atoms with van der Waals surface area (Å²) in [7, 11) is 0. The van der Waals surface area contributed by atoms with Crippen LogP contribution in [0.15, 0.2) is 64.2 Å². The van der Waals surface area contributed by atoms with E-state index in [2.05, 4.69) is 35.7 Å². The Hall–Kier alpha value is -4.87. The smallest absolute Gasteiger partial charge is 0.408 e. The summed E-state index contributed by atoms with van der Waals surface area (Å²) in [4.78, 5) is 51.8. The van der Waals surface area contributed by atoms with Gasteiger partial charge in [0.2, 0.25) is 0 Å². The highest BCUT2D eigenvalue weighted by Gasteiger charge is 2.18. The van der Waals surface area contributed by atoms with Crippen molar-refractivity contribution in [2.75, 3.05) is 0 Å². The molecule has 0 bridgehead atoms. The fourth-order valence-electron chi connectivity index (χ4n) is 3.24. The Kier molecular flexibility index (Phi) is 5.07. The third kappa shape index (κ3) is 4.17. The van der Waals surface area contributed by atoms with Gasteiger partial charge in [-0.05, 0) is 23.8 Å². The molecule has 1 aromatic carbocycles. The Morgan fingerprint density at radius 1 is 1.00 bits per heavy atom. The van der Waals surface area contributed by atoms with E-state index in [9.17, 15) is 14.4 Å². The molecule has 0 spiro atoms. The fraction of sp³-hybridized carbons (Fsp3) is 0.0952. The topological polar surface area (TPSA) is 160 Å². The standard InChI is InChI=1S/C21H16N8O4/c30-19(24-10-12-2-3-16-13(8-12)28-21(32)33-16)14-9-15(29-18(27-14)4-7-26-29)20(31)25-11-17-22-5-1-6-23-17/h1-9H,10-11H2,(H,24,30)(H,25,31)(H,28,32). The second-order valence-electron chi connectivity index (χ2n) is 7.00. The first-order valence-electron chi connectivity index (χ1n) is 9.86. The van der Waals surface area contributed by atoms with Crippen LogP contribution in [0.3, 0.4) is 0 Å². The summed E-state index contributed by atoms with van der Waals surface area (Å²) in [5.74, 6) is -1.03. The number of carbonyl (C=O) groups is 2. The Bertz CT molecular complexity index is 1540. The number of hydrogen-bond acceptors (Lipinski definition) is 8. The maximum Gasteiger partial charge on any atom is 0.417 e. The minimum Gasteiger partial charge on any atom is -0.408 e. The number of nitrogens with zero attached hydrogens (tertiary/aromatic N) is 5. The number of nitrogens with one attached hydrogen (secondary N) is 3. The summed E-state index contributed by atoms with van der Waals surface area (Å²) >= 11 is 0. The van der Waals surface area contributed by atoms with Crippen LogP contribution in [0.5, 0.6) is 0 Å². The Morgan fingerprint density at radius 2 is 1.82 bits per heavy atom. The van der Waals surface area contributed by atoms with Crippen LogP contribution in [0.2, 0.25) is 0 Å². The first kappa shape index (κ1) is 20.1. The highest BCUT2D eigenvalue weighted by atomic mass is 16.4. The van der Waals surface area contributed by atoms with Crippen LogP contribution < -0.4 is 16.4 Å². The summed E-state index contributed by atoms with van der Waals surface area (Å²) in [5.41, 5.74) is 2.26. The minimum absolute atomic E-state index is 0.0573. The van der Waals surface area contributed by atoms with Gasteiger partial charge in [0.1, 0.15) is 17.2 Å². The number of aromatic amines is 1. The number of oxazole rings is 1. The monoisotopic (exact) mass is 444 g/mol. The van der Waals surface area contributed by atoms with Gasteiger partial charge in [-0.25, -0.2) is 24.3 Å². The number of H-pyrrole nitrogens is 1. The molecule has 4 aromatic heterocycles. The predicted octanol–water partition coefficient (Wildman–Crippen LogP) is 0.814. The molecule has 33 heavy (non-hydrogen) atoms. The highest BCUT2D eigenvalue weighted by Crippen LogP contribution is 2.13. The Labute approximate surface area is 184 Å². The molecule has 0 radical (unpaired) electrons. The number of fused-ring (bicyclic) bond motifs is 2. The summed E-state index contributed by atoms with van der Waals surface area (Å²) < 4.78 is 6.32. The van der Waals surface area contributed by atoms with E-state index in [4.69, 9.17) is 4.42 Å². The molecule has 2 amide bonds. The molecule has 164 valence electrons. The zero-order valence-electron chi connectivity index (χ0n) is 17.0. The average Bonchev–Trinajstić information content (AvgIpc) is 3.46. The Balaban J connectivity index is 1.34. The summed E-state index contributed by atoms with van der Waals surface area (Å²) in [6.45, 7) is 0.297. The Morgan fingerprint density at radius 3 is 2.67 bits per heavy atom. The number of carbonyl (C=O) groups excluding carboxylic acids is 2. The fourth-order valence-corrected chi connectivity index (χ4v) is 3.24. The predicted molar refractivity (Wildman–Crippen MR) is 114 cm³/mol. The maximum absolute atomic E-state index is 12.8. The number of rotatable bonds is 6. The molecular formula is C21H16N8O4. The lowest BCUT2D eigenvalue weighted by Gasteiger charge is -2.09. The van der Waals surface area contributed by atoms with E-state index in [1.165, 1.54) is 16.8 Å². The quantitative estimate of drug-likeness (QED) is 0.347. The lowest BCUT2D eigenvalue weighted by molar-refractivity contribution is 0.0941. The second kappa shape index (κ2) is 8.34. The molecule has 3 N–H and O–H groups in total. The SMILES string of the molecule is O=C(NCc1ccc2oc(=O)[nH]c2c1)c1cc(C(=O)NCc2ncccn2)n2nccc2n1. The number of hydrogen-bond donors (Lipinski definition) is 3. The van der Waals surface area contributed by atoms with Gasteiger partial charge in [-0.3, -0.25) is 14.6 Å². The summed E-state index contributed by atoms with van der Waals surface area (Å²) in [5, 5.41) is 9.59. The molecule has 0 atom stereocenters. The van der Waals surface area contributed by atoms with E-state index in [1.54, 1.807) is 42.7 Å². The van der Waals surface area contributed by atoms with Gasteiger partial charge in [-0.1, -0.05) is 6.07 Å². The molecule has 0 fully saturated rings. The van der Waals surface area contributed by atoms with Crippen molar-refractivity contribution in [3.63, 3.8) is 0 Å². The highest BCUT2D eigenvalue weighted by molar-refractivity contribution is 5.98. The van der Waals surface area contributed by atoms with Gasteiger partial charge in [-0.2, -0.15) is 5.10 Å². The molecule has 12 heteroatoms. The van der Waals surface area contributed by atoms with Crippen molar-refractivity contribution in [2.24, 2.45) is 0 Å². The van der Waals surface area contributed by atoms with Crippen molar-refractivity contribution >= 4 is 28.6 Å². The largest absolute Gasteiger partial charge is 0.417 e. The van der Waals surface area contributed by atoms with Crippen molar-refractivity contribution in [2.45, 2.75) is 13.1 Å². The lowest BCUT2D eigenvalue weighted by atomic mass is 10.2. The van der Waals surface area contributed by atoms with E-state index >= 15 is 0 Å². The number of aromatic nitrogens is 6. The molecule has 0 saturated carbocycles. The van der Waals surface area contributed by atoms with E-state index in [-0.39, 0.29) is 24.5 Å². The molecule has 0 aliphatic heterocycles. The summed E-state index contributed by atoms with van der Waals surface area (Å²) in [6.07, 6.45) is 4.65. The third-order valence-corrected chi connectivity index (χ3v) is 4.79. The first-order chi connectivity index (χ1) is 16.1. The van der Waals surface area contributed by atoms with Crippen molar-refractivity contribution in [1.82, 2.24) is 40.2 Å². The van der Waals surface area contributed by atoms with Crippen molar-refractivity contribution in [1.29, 1.82) is 0 Å². The molecule has 0 saturated heterocycles. The van der Waals surface area contributed by atoms with E-state index < -0.39 is 17.6 Å². The van der Waals surface area contributed by atoms with Gasteiger partial charge in [-0.15, -0.1) is 0 Å². The van der Waals surface area contributed by atoms with Crippen LogP contribution in [-0.4, -0.2) is 41.4 Å². The van der Waals surface area contributed by atoms with Gasteiger partial charge >= 0.3 is 5.76 Å². The zero-order chi connectivity index (χ0) is 22.8. The molecule has 12 nitrogen and oxygen atoms in total. The average molecular weight is 444 g/mol. The normalized spacial score (nSPS) is 11.0. The second-order valence-corrected chi connectivity index (χ2v) is 7.00. The third-order valence-electron chi connectivity index (χ3n) is 4.79. The van der Waals surface area contributed by atoms with Crippen LogP contribution in [0.4, 0.5) is 0 Å². The number of benzene rings is 1. The van der Waals surface area contributed by atoms with Gasteiger partial charge in [0, 0.05) is 31.1 Å². The van der Waals surface area contributed by atoms with Crippen LogP contribution >= 0.6 is 0 Å². The van der Waals surface area contributed by atoms with Crippen LogP contribution in [0, 0.1) is 0 Å². The molecular weight excluding hydrogens is 428 g/mol. The van der Waals surface area contributed by atoms with Crippen LogP contribution in [-0.2, 0) is 13.1 Å². The number of amides is 2. The molecule has 5 aromatic rings. The summed E-state index contributed by atoms with van der Waals surface area (Å²) in [6, 6.07) is 9.73. The van der Waals surface area contributed by atoms with Gasteiger partial charge < -0.3 is 15.1 Å². The van der Waals surface area contributed by atoms with E-state index in [0.717, 1.165) is 5.56 Å². The van der Waals surface area contributed by atoms with Gasteiger partial charge in [0.15, 0.2) is 11.2 Å². The van der Waals surface area contributed by atoms with Gasteiger partial charge in [0.05, 0.1) is 18.3 Å². The van der Waals surface area contributed by atoms with Crippen LogP contribution in [0.1, 0.15) is 32.4 Å². The van der Waals surface area contributed by atoms with Gasteiger partial charge in [0.25, 0.3) is 11.8 Å². The molecule has 0 unspecified atom stereocenters. The van der Waals surface area contributed by atoms with Crippen molar-refractivity contribution < 1.29 is 14.0 Å². The van der Waals surface area contributed by atoms with Crippen molar-refractivity contribution in [3.05, 3.63) is 88.3 Å². The first-order valence-corrected chi connectivity index (χ1v) is 9.86. The zero-order valence-corrected chi connectivity index (χ0v) is 17.0. The van der Waals surface area contributed by atoms with E-state index in [1.807, 2.05) is 0 Å². The molecule has 0 aliphatic carbocycles.